The number of methoxy groups -OCH3 is 2. The van der Waals surface area contributed by atoms with Crippen LogP contribution in [0.2, 0.25) is 5.02 Å². The standard InChI is InChI=1S/C28H26ClIN2O5/c1-4-36-26-13-19(12-24(29)27(26)37-17-18-5-8-22(30)9-6-18)11-21(15-31)28(33)32-16-20-7-10-23(34-2)14-25(20)35-3/h5-14H,4,16-17H2,1-3H3,(H,32,33)/b21-11+. The molecule has 0 saturated carbocycles. The van der Waals surface area contributed by atoms with Gasteiger partial charge in [-0.2, -0.15) is 5.26 Å². The number of benzene rings is 3. The van der Waals surface area contributed by atoms with Gasteiger partial charge in [0.1, 0.15) is 29.7 Å². The number of hydrogen-bond donors (Lipinski definition) is 1. The van der Waals surface area contributed by atoms with Crippen molar-refractivity contribution in [3.63, 3.8) is 0 Å². The number of rotatable bonds is 11. The SMILES string of the molecule is CCOc1cc(/C=C(\C#N)C(=O)NCc2ccc(OC)cc2OC)cc(Cl)c1OCc1ccc(I)cc1. The van der Waals surface area contributed by atoms with E-state index in [0.717, 1.165) is 14.7 Å². The van der Waals surface area contributed by atoms with E-state index in [4.69, 9.17) is 30.5 Å². The lowest BCUT2D eigenvalue weighted by molar-refractivity contribution is -0.117. The number of hydrogen-bond acceptors (Lipinski definition) is 6. The van der Waals surface area contributed by atoms with Gasteiger partial charge in [0.05, 0.1) is 25.8 Å². The van der Waals surface area contributed by atoms with Crippen molar-refractivity contribution >= 4 is 46.2 Å². The van der Waals surface area contributed by atoms with Gasteiger partial charge in [-0.15, -0.1) is 0 Å². The molecule has 3 aromatic rings. The molecule has 0 aliphatic heterocycles. The zero-order valence-corrected chi connectivity index (χ0v) is 23.6. The number of nitrogens with zero attached hydrogens (tertiary/aromatic N) is 1. The minimum absolute atomic E-state index is 0.0847. The fraction of sp³-hybridized carbons (Fsp3) is 0.214. The predicted octanol–water partition coefficient (Wildman–Crippen LogP) is 6.16. The number of halogens is 2. The molecule has 0 fully saturated rings. The highest BCUT2D eigenvalue weighted by Gasteiger charge is 2.15. The van der Waals surface area contributed by atoms with Gasteiger partial charge in [0, 0.05) is 21.7 Å². The molecule has 192 valence electrons. The Labute approximate surface area is 235 Å². The van der Waals surface area contributed by atoms with Crippen molar-refractivity contribution in [3.05, 3.63) is 85.5 Å². The molecule has 3 rings (SSSR count). The summed E-state index contributed by atoms with van der Waals surface area (Å²) in [5.41, 5.74) is 2.17. The Morgan fingerprint density at radius 3 is 2.46 bits per heavy atom. The molecule has 0 atom stereocenters. The van der Waals surface area contributed by atoms with Crippen molar-refractivity contribution < 1.29 is 23.7 Å². The van der Waals surface area contributed by atoms with Crippen LogP contribution < -0.4 is 24.3 Å². The Hall–Kier alpha value is -3.42. The lowest BCUT2D eigenvalue weighted by Crippen LogP contribution is -2.24. The largest absolute Gasteiger partial charge is 0.497 e. The summed E-state index contributed by atoms with van der Waals surface area (Å²) in [5, 5.41) is 12.7. The Morgan fingerprint density at radius 1 is 1.05 bits per heavy atom. The smallest absolute Gasteiger partial charge is 0.262 e. The lowest BCUT2D eigenvalue weighted by atomic mass is 10.1. The average Bonchev–Trinajstić information content (AvgIpc) is 2.90. The lowest BCUT2D eigenvalue weighted by Gasteiger charge is -2.15. The second-order valence-corrected chi connectivity index (χ2v) is 9.36. The van der Waals surface area contributed by atoms with Gasteiger partial charge in [0.15, 0.2) is 11.5 Å². The van der Waals surface area contributed by atoms with E-state index in [-0.39, 0.29) is 12.1 Å². The summed E-state index contributed by atoms with van der Waals surface area (Å²) < 4.78 is 23.4. The molecule has 1 N–H and O–H groups in total. The molecule has 3 aromatic carbocycles. The van der Waals surface area contributed by atoms with E-state index in [1.165, 1.54) is 13.2 Å². The highest BCUT2D eigenvalue weighted by molar-refractivity contribution is 14.1. The van der Waals surface area contributed by atoms with Gasteiger partial charge >= 0.3 is 0 Å². The Balaban J connectivity index is 1.78. The van der Waals surface area contributed by atoms with E-state index in [0.29, 0.717) is 46.8 Å². The summed E-state index contributed by atoms with van der Waals surface area (Å²) in [6.07, 6.45) is 1.46. The maximum atomic E-state index is 12.8. The first kappa shape index (κ1) is 28.2. The third kappa shape index (κ3) is 7.78. The minimum Gasteiger partial charge on any atom is -0.497 e. The second kappa shape index (κ2) is 13.8. The zero-order valence-electron chi connectivity index (χ0n) is 20.6. The van der Waals surface area contributed by atoms with Gasteiger partial charge in [-0.3, -0.25) is 4.79 Å². The van der Waals surface area contributed by atoms with E-state index in [9.17, 15) is 10.1 Å². The van der Waals surface area contributed by atoms with E-state index in [1.807, 2.05) is 37.3 Å². The van der Waals surface area contributed by atoms with Crippen LogP contribution in [0.1, 0.15) is 23.6 Å². The summed E-state index contributed by atoms with van der Waals surface area (Å²) in [7, 11) is 3.10. The van der Waals surface area contributed by atoms with Crippen molar-refractivity contribution in [2.75, 3.05) is 20.8 Å². The topological polar surface area (TPSA) is 89.8 Å². The molecule has 9 heteroatoms. The minimum atomic E-state index is -0.534. The van der Waals surface area contributed by atoms with Crippen LogP contribution in [0, 0.1) is 14.9 Å². The highest BCUT2D eigenvalue weighted by Crippen LogP contribution is 2.38. The van der Waals surface area contributed by atoms with E-state index < -0.39 is 5.91 Å². The molecule has 0 heterocycles. The van der Waals surface area contributed by atoms with Gasteiger partial charge in [0.2, 0.25) is 0 Å². The summed E-state index contributed by atoms with van der Waals surface area (Å²) in [6, 6.07) is 18.5. The number of ether oxygens (including phenoxy) is 4. The van der Waals surface area contributed by atoms with Crippen LogP contribution in [0.3, 0.4) is 0 Å². The molecule has 37 heavy (non-hydrogen) atoms. The van der Waals surface area contributed by atoms with E-state index in [1.54, 1.807) is 37.4 Å². The number of amides is 1. The molecule has 0 aliphatic carbocycles. The van der Waals surface area contributed by atoms with Crippen LogP contribution in [0.25, 0.3) is 6.08 Å². The summed E-state index contributed by atoms with van der Waals surface area (Å²) >= 11 is 8.77. The van der Waals surface area contributed by atoms with Crippen LogP contribution in [0.4, 0.5) is 0 Å². The quantitative estimate of drug-likeness (QED) is 0.155. The third-order valence-corrected chi connectivity index (χ3v) is 6.24. The highest BCUT2D eigenvalue weighted by atomic mass is 127. The molecule has 0 radical (unpaired) electrons. The normalized spacial score (nSPS) is 10.9. The van der Waals surface area contributed by atoms with Gasteiger partial charge < -0.3 is 24.3 Å². The summed E-state index contributed by atoms with van der Waals surface area (Å²) in [4.78, 5) is 12.8. The van der Waals surface area contributed by atoms with Gasteiger partial charge in [-0.05, 0) is 83.1 Å². The zero-order chi connectivity index (χ0) is 26.8. The number of nitrogens with one attached hydrogen (secondary N) is 1. The first-order valence-corrected chi connectivity index (χ1v) is 12.8. The van der Waals surface area contributed by atoms with Gasteiger partial charge in [-0.25, -0.2) is 0 Å². The van der Waals surface area contributed by atoms with Crippen molar-refractivity contribution in [3.8, 4) is 29.1 Å². The van der Waals surface area contributed by atoms with Crippen LogP contribution in [-0.4, -0.2) is 26.7 Å². The molecule has 0 spiro atoms. The first-order chi connectivity index (χ1) is 17.9. The molecule has 7 nitrogen and oxygen atoms in total. The monoisotopic (exact) mass is 632 g/mol. The van der Waals surface area contributed by atoms with Gasteiger partial charge in [-0.1, -0.05) is 23.7 Å². The Kier molecular flexibility index (Phi) is 10.5. The molecule has 0 aliphatic rings. The van der Waals surface area contributed by atoms with Gasteiger partial charge in [0.25, 0.3) is 5.91 Å². The third-order valence-electron chi connectivity index (χ3n) is 5.24. The molecule has 0 saturated heterocycles. The van der Waals surface area contributed by atoms with Crippen LogP contribution in [0.5, 0.6) is 23.0 Å². The molecular formula is C28H26ClIN2O5. The number of carbonyl (C=O) groups excluding carboxylic acids is 1. The second-order valence-electron chi connectivity index (χ2n) is 7.71. The molecule has 0 unspecified atom stereocenters. The van der Waals surface area contributed by atoms with Crippen LogP contribution in [-0.2, 0) is 17.9 Å². The van der Waals surface area contributed by atoms with Crippen LogP contribution >= 0.6 is 34.2 Å². The average molecular weight is 633 g/mol. The molecule has 0 bridgehead atoms. The van der Waals surface area contributed by atoms with Crippen molar-refractivity contribution in [1.82, 2.24) is 5.32 Å². The predicted molar refractivity (Wildman–Crippen MR) is 151 cm³/mol. The van der Waals surface area contributed by atoms with Crippen molar-refractivity contribution in [2.24, 2.45) is 0 Å². The van der Waals surface area contributed by atoms with E-state index in [2.05, 4.69) is 27.9 Å². The van der Waals surface area contributed by atoms with Crippen LogP contribution in [0.15, 0.2) is 60.2 Å². The van der Waals surface area contributed by atoms with Crippen molar-refractivity contribution in [1.29, 1.82) is 5.26 Å². The Bertz CT molecular complexity index is 1320. The molecule has 0 aromatic heterocycles. The summed E-state index contributed by atoms with van der Waals surface area (Å²) in [5.74, 6) is 1.49. The maximum absolute atomic E-state index is 12.8. The first-order valence-electron chi connectivity index (χ1n) is 11.3. The van der Waals surface area contributed by atoms with Crippen molar-refractivity contribution in [2.45, 2.75) is 20.1 Å². The Morgan fingerprint density at radius 2 is 1.81 bits per heavy atom. The molecule has 1 amide bonds. The maximum Gasteiger partial charge on any atom is 0.262 e. The van der Waals surface area contributed by atoms with E-state index >= 15 is 0 Å². The molecular weight excluding hydrogens is 607 g/mol. The number of nitriles is 1. The number of carbonyl (C=O) groups is 1. The summed E-state index contributed by atoms with van der Waals surface area (Å²) in [6.45, 7) is 2.72. The fourth-order valence-electron chi connectivity index (χ4n) is 3.39. The fourth-order valence-corrected chi connectivity index (χ4v) is 4.03.